The Bertz CT molecular complexity index is 489. The molecule has 0 bridgehead atoms. The Morgan fingerprint density at radius 3 is 2.50 bits per heavy atom. The minimum atomic E-state index is 0. The first kappa shape index (κ1) is 19.4. The third-order valence-corrected chi connectivity index (χ3v) is 4.65. The zero-order valence-corrected chi connectivity index (χ0v) is 14.7. The molecule has 1 aliphatic heterocycles. The van der Waals surface area contributed by atoms with E-state index in [9.17, 15) is 5.11 Å². The van der Waals surface area contributed by atoms with E-state index in [-0.39, 0.29) is 24.8 Å². The number of nitrogen functional groups attached to an aromatic ring is 1. The number of hydrogen-bond donors (Lipinski definition) is 3. The van der Waals surface area contributed by atoms with Crippen molar-refractivity contribution < 1.29 is 5.11 Å². The molecule has 0 aromatic heterocycles. The quantitative estimate of drug-likeness (QED) is 0.578. The van der Waals surface area contributed by atoms with Crippen molar-refractivity contribution in [2.45, 2.75) is 32.2 Å². The third kappa shape index (κ3) is 4.19. The van der Waals surface area contributed by atoms with E-state index in [2.05, 4.69) is 17.1 Å². The molecule has 22 heavy (non-hydrogen) atoms. The van der Waals surface area contributed by atoms with Gasteiger partial charge in [-0.25, -0.2) is 0 Å². The largest absolute Gasteiger partial charge is 0.505 e. The van der Waals surface area contributed by atoms with Crippen molar-refractivity contribution in [1.29, 1.82) is 0 Å². The summed E-state index contributed by atoms with van der Waals surface area (Å²) in [5.41, 5.74) is 8.63. The summed E-state index contributed by atoms with van der Waals surface area (Å²) in [4.78, 5) is 2.51. The van der Waals surface area contributed by atoms with Gasteiger partial charge in [0.1, 0.15) is 5.75 Å². The molecule has 3 rings (SSSR count). The highest BCUT2D eigenvalue weighted by Crippen LogP contribution is 2.44. The van der Waals surface area contributed by atoms with Gasteiger partial charge >= 0.3 is 0 Å². The third-order valence-electron chi connectivity index (χ3n) is 4.65. The highest BCUT2D eigenvalue weighted by Gasteiger charge is 2.32. The van der Waals surface area contributed by atoms with Gasteiger partial charge < -0.3 is 16.2 Å². The van der Waals surface area contributed by atoms with Gasteiger partial charge in [0.05, 0.1) is 5.69 Å². The second-order valence-corrected chi connectivity index (χ2v) is 6.21. The summed E-state index contributed by atoms with van der Waals surface area (Å²) in [5, 5.41) is 13.8. The highest BCUT2D eigenvalue weighted by atomic mass is 35.5. The summed E-state index contributed by atoms with van der Waals surface area (Å²) < 4.78 is 0. The van der Waals surface area contributed by atoms with E-state index in [1.807, 2.05) is 6.07 Å². The molecule has 1 aromatic carbocycles. The van der Waals surface area contributed by atoms with Crippen LogP contribution in [0.25, 0.3) is 0 Å². The molecule has 126 valence electrons. The number of rotatable bonds is 4. The smallest absolute Gasteiger partial charge is 0.143 e. The van der Waals surface area contributed by atoms with Gasteiger partial charge in [0.15, 0.2) is 0 Å². The molecule has 2 aliphatic rings. The molecule has 1 aromatic rings. The van der Waals surface area contributed by atoms with Crippen LogP contribution in [0.2, 0.25) is 0 Å². The molecule has 1 saturated heterocycles. The lowest BCUT2D eigenvalue weighted by atomic mass is 9.93. The Morgan fingerprint density at radius 1 is 1.27 bits per heavy atom. The topological polar surface area (TPSA) is 61.5 Å². The number of aryl methyl sites for hydroxylation is 1. The van der Waals surface area contributed by atoms with Gasteiger partial charge in [-0.3, -0.25) is 4.90 Å². The molecule has 4 nitrogen and oxygen atoms in total. The first-order valence-electron chi connectivity index (χ1n) is 7.69. The summed E-state index contributed by atoms with van der Waals surface area (Å²) in [7, 11) is 0. The molecule has 2 fully saturated rings. The van der Waals surface area contributed by atoms with Crippen LogP contribution in [-0.4, -0.2) is 36.2 Å². The van der Waals surface area contributed by atoms with Crippen molar-refractivity contribution in [2.75, 3.05) is 31.9 Å². The van der Waals surface area contributed by atoms with Crippen LogP contribution in [-0.2, 0) is 0 Å². The average molecular weight is 348 g/mol. The molecular formula is C16H27Cl2N3O. The summed E-state index contributed by atoms with van der Waals surface area (Å²) in [6.45, 7) is 6.24. The zero-order valence-electron chi connectivity index (χ0n) is 13.0. The molecule has 0 radical (unpaired) electrons. The summed E-state index contributed by atoms with van der Waals surface area (Å²) in [5.74, 6) is 1.13. The second-order valence-electron chi connectivity index (χ2n) is 6.21. The Hall–Kier alpha value is -0.680. The average Bonchev–Trinajstić information content (AvgIpc) is 3.27. The van der Waals surface area contributed by atoms with Crippen LogP contribution in [0, 0.1) is 12.8 Å². The number of aromatic hydroxyl groups is 1. The molecule has 0 amide bonds. The number of benzene rings is 1. The lowest BCUT2D eigenvalue weighted by Crippen LogP contribution is -2.45. The lowest BCUT2D eigenvalue weighted by molar-refractivity contribution is 0.157. The molecule has 0 spiro atoms. The van der Waals surface area contributed by atoms with Crippen molar-refractivity contribution >= 4 is 30.5 Å². The maximum atomic E-state index is 10.4. The molecule has 1 saturated carbocycles. The SMILES string of the molecule is Cc1ccc(N)c(O)c1[C@H](CC1CC1)N1CCNCC1.Cl.Cl. The Morgan fingerprint density at radius 2 is 1.91 bits per heavy atom. The Balaban J connectivity index is 0.00000121. The summed E-state index contributed by atoms with van der Waals surface area (Å²) in [6.07, 6.45) is 3.83. The van der Waals surface area contributed by atoms with E-state index in [4.69, 9.17) is 5.73 Å². The maximum Gasteiger partial charge on any atom is 0.143 e. The number of piperazine rings is 1. The molecule has 4 N–H and O–H groups in total. The van der Waals surface area contributed by atoms with Crippen molar-refractivity contribution in [3.05, 3.63) is 23.3 Å². The Kier molecular flexibility index (Phi) is 7.26. The van der Waals surface area contributed by atoms with Gasteiger partial charge in [0, 0.05) is 37.8 Å². The first-order valence-corrected chi connectivity index (χ1v) is 7.69. The maximum absolute atomic E-state index is 10.4. The van der Waals surface area contributed by atoms with Crippen LogP contribution in [0.5, 0.6) is 5.75 Å². The van der Waals surface area contributed by atoms with Gasteiger partial charge in [-0.2, -0.15) is 0 Å². The predicted molar refractivity (Wildman–Crippen MR) is 96.3 cm³/mol. The van der Waals surface area contributed by atoms with Crippen molar-refractivity contribution in [2.24, 2.45) is 5.92 Å². The second kappa shape index (κ2) is 8.25. The van der Waals surface area contributed by atoms with E-state index in [1.165, 1.54) is 12.8 Å². The van der Waals surface area contributed by atoms with E-state index < -0.39 is 0 Å². The number of halogens is 2. The van der Waals surface area contributed by atoms with Crippen molar-refractivity contribution in [1.82, 2.24) is 10.2 Å². The van der Waals surface area contributed by atoms with Gasteiger partial charge in [0.2, 0.25) is 0 Å². The molecule has 0 unspecified atom stereocenters. The predicted octanol–water partition coefficient (Wildman–Crippen LogP) is 2.87. The number of anilines is 1. The summed E-state index contributed by atoms with van der Waals surface area (Å²) >= 11 is 0. The number of nitrogens with two attached hydrogens (primary N) is 1. The molecular weight excluding hydrogens is 321 g/mol. The number of hydrogen-bond acceptors (Lipinski definition) is 4. The van der Waals surface area contributed by atoms with Gasteiger partial charge in [-0.15, -0.1) is 24.8 Å². The molecule has 1 atom stereocenters. The van der Waals surface area contributed by atoms with Crippen molar-refractivity contribution in [3.63, 3.8) is 0 Å². The fraction of sp³-hybridized carbons (Fsp3) is 0.625. The van der Waals surface area contributed by atoms with Crippen LogP contribution in [0.1, 0.15) is 36.4 Å². The highest BCUT2D eigenvalue weighted by molar-refractivity contribution is 5.85. The summed E-state index contributed by atoms with van der Waals surface area (Å²) in [6, 6.07) is 4.15. The number of nitrogens with zero attached hydrogens (tertiary/aromatic N) is 1. The zero-order chi connectivity index (χ0) is 14.1. The lowest BCUT2D eigenvalue weighted by Gasteiger charge is -2.36. The Labute approximate surface area is 145 Å². The minimum Gasteiger partial charge on any atom is -0.505 e. The molecule has 6 heteroatoms. The van der Waals surface area contributed by atoms with Crippen LogP contribution in [0.15, 0.2) is 12.1 Å². The van der Waals surface area contributed by atoms with Crippen molar-refractivity contribution in [3.8, 4) is 5.75 Å². The molecule has 1 aliphatic carbocycles. The van der Waals surface area contributed by atoms with Gasteiger partial charge in [-0.05, 0) is 30.9 Å². The van der Waals surface area contributed by atoms with Crippen LogP contribution in [0.4, 0.5) is 5.69 Å². The van der Waals surface area contributed by atoms with Crippen LogP contribution in [0.3, 0.4) is 0 Å². The van der Waals surface area contributed by atoms with E-state index in [0.29, 0.717) is 17.5 Å². The fourth-order valence-electron chi connectivity index (χ4n) is 3.26. The number of nitrogens with one attached hydrogen (secondary N) is 1. The van der Waals surface area contributed by atoms with E-state index >= 15 is 0 Å². The monoisotopic (exact) mass is 347 g/mol. The first-order chi connectivity index (χ1) is 9.66. The van der Waals surface area contributed by atoms with E-state index in [1.54, 1.807) is 6.07 Å². The fourth-order valence-corrected chi connectivity index (χ4v) is 3.26. The number of phenols is 1. The van der Waals surface area contributed by atoms with Crippen LogP contribution >= 0.6 is 24.8 Å². The van der Waals surface area contributed by atoms with Gasteiger partial charge in [-0.1, -0.05) is 18.9 Å². The van der Waals surface area contributed by atoms with E-state index in [0.717, 1.165) is 49.6 Å². The molecule has 1 heterocycles. The number of phenolic OH excluding ortho intramolecular Hbond substituents is 1. The normalized spacial score (nSPS) is 19.9. The van der Waals surface area contributed by atoms with Crippen LogP contribution < -0.4 is 11.1 Å². The minimum absolute atomic E-state index is 0. The standard InChI is InChI=1S/C16H25N3O.2ClH/c1-11-2-5-13(17)16(20)15(11)14(10-12-3-4-12)19-8-6-18-7-9-19;;/h2,5,12,14,18,20H,3-4,6-10,17H2,1H3;2*1H/t14-;;/m0../s1. The van der Waals surface area contributed by atoms with Gasteiger partial charge in [0.25, 0.3) is 0 Å².